The van der Waals surface area contributed by atoms with E-state index in [-0.39, 0.29) is 18.1 Å². The summed E-state index contributed by atoms with van der Waals surface area (Å²) in [6.07, 6.45) is 0. The van der Waals surface area contributed by atoms with Crippen molar-refractivity contribution in [2.45, 2.75) is 6.61 Å². The van der Waals surface area contributed by atoms with Crippen molar-refractivity contribution >= 4 is 17.2 Å². The van der Waals surface area contributed by atoms with Crippen LogP contribution in [0.15, 0.2) is 48.5 Å². The first kappa shape index (κ1) is 11.6. The summed E-state index contributed by atoms with van der Waals surface area (Å²) in [5, 5.41) is 21.2. The highest BCUT2D eigenvalue weighted by Crippen LogP contribution is 2.27. The van der Waals surface area contributed by atoms with Crippen LogP contribution in [0.1, 0.15) is 21.5 Å². The van der Waals surface area contributed by atoms with Crippen LogP contribution < -0.4 is 0 Å². The van der Waals surface area contributed by atoms with Crippen LogP contribution in [0.5, 0.6) is 0 Å². The zero-order valence-corrected chi connectivity index (χ0v) is 10.0. The highest BCUT2D eigenvalue weighted by molar-refractivity contribution is 6.52. The molecule has 0 atom stereocenters. The van der Waals surface area contributed by atoms with E-state index in [4.69, 9.17) is 5.11 Å². The quantitative estimate of drug-likeness (QED) is 0.657. The lowest BCUT2D eigenvalue weighted by Gasteiger charge is -2.02. The van der Waals surface area contributed by atoms with Crippen LogP contribution in [0, 0.1) is 5.21 Å². The third-order valence-corrected chi connectivity index (χ3v) is 3.20. The molecule has 0 radical (unpaired) electrons. The van der Waals surface area contributed by atoms with E-state index in [1.54, 1.807) is 48.5 Å². The fraction of sp³-hybridized carbons (Fsp3) is 0.0667. The molecule has 4 heteroatoms. The molecule has 1 heterocycles. The van der Waals surface area contributed by atoms with Gasteiger partial charge in [0, 0.05) is 6.07 Å². The molecule has 2 aromatic rings. The van der Waals surface area contributed by atoms with Crippen LogP contribution in [-0.4, -0.2) is 21.3 Å². The molecule has 0 aromatic heterocycles. The largest absolute Gasteiger partial charge is 0.618 e. The van der Waals surface area contributed by atoms with Crippen LogP contribution in [-0.2, 0) is 6.61 Å². The average Bonchev–Trinajstić information content (AvgIpc) is 2.72. The van der Waals surface area contributed by atoms with Gasteiger partial charge in [-0.3, -0.25) is 4.79 Å². The Kier molecular flexibility index (Phi) is 2.65. The minimum atomic E-state index is -0.262. The molecule has 1 aliphatic rings. The lowest BCUT2D eigenvalue weighted by atomic mass is 10.0. The van der Waals surface area contributed by atoms with Gasteiger partial charge in [0.15, 0.2) is 0 Å². The van der Waals surface area contributed by atoms with Crippen LogP contribution in [0.4, 0.5) is 5.69 Å². The number of carbonyl (C=O) groups is 1. The van der Waals surface area contributed by atoms with E-state index in [1.165, 1.54) is 0 Å². The number of ketones is 1. The number of carbonyl (C=O) groups excluding carboxylic acids is 1. The Morgan fingerprint density at radius 1 is 1.05 bits per heavy atom. The molecule has 0 fully saturated rings. The molecule has 0 saturated heterocycles. The molecular formula is C15H11NO3. The van der Waals surface area contributed by atoms with Gasteiger partial charge in [0.2, 0.25) is 5.69 Å². The Balaban J connectivity index is 2.11. The number of nitrogens with zero attached hydrogens (tertiary/aromatic N) is 1. The number of benzene rings is 2. The second kappa shape index (κ2) is 4.33. The number of para-hydroxylation sites is 1. The third kappa shape index (κ3) is 1.73. The van der Waals surface area contributed by atoms with Gasteiger partial charge in [0.05, 0.1) is 12.2 Å². The first-order valence-electron chi connectivity index (χ1n) is 5.90. The van der Waals surface area contributed by atoms with Gasteiger partial charge in [-0.25, -0.2) is 0 Å². The molecule has 2 aromatic carbocycles. The van der Waals surface area contributed by atoms with Crippen molar-refractivity contribution in [2.75, 3.05) is 0 Å². The Morgan fingerprint density at radius 3 is 2.37 bits per heavy atom. The van der Waals surface area contributed by atoms with Crippen LogP contribution in [0.3, 0.4) is 0 Å². The summed E-state index contributed by atoms with van der Waals surface area (Å²) in [4.78, 5) is 12.2. The maximum absolute atomic E-state index is 12.2. The SMILES string of the molecule is O=C1C(c2ccc(CO)cc2)=[N+]([O-])c2ccccc21. The standard InChI is InChI=1S/C15H11NO3/c17-9-10-5-7-11(8-6-10)14-15(18)12-3-1-2-4-13(12)16(14)19/h1-8,17H,9H2. The first-order valence-corrected chi connectivity index (χ1v) is 5.90. The van der Waals surface area contributed by atoms with Gasteiger partial charge in [-0.1, -0.05) is 24.3 Å². The summed E-state index contributed by atoms with van der Waals surface area (Å²) in [6, 6.07) is 13.5. The minimum absolute atomic E-state index is 0.0646. The Labute approximate surface area is 109 Å². The van der Waals surface area contributed by atoms with Crippen molar-refractivity contribution in [2.24, 2.45) is 0 Å². The van der Waals surface area contributed by atoms with E-state index >= 15 is 0 Å². The molecule has 0 unspecified atom stereocenters. The molecule has 1 N–H and O–H groups in total. The molecule has 3 rings (SSSR count). The first-order chi connectivity index (χ1) is 9.22. The number of rotatable bonds is 2. The van der Waals surface area contributed by atoms with Crippen molar-refractivity contribution in [3.8, 4) is 0 Å². The number of hydrogen-bond donors (Lipinski definition) is 1. The van der Waals surface area contributed by atoms with E-state index < -0.39 is 0 Å². The highest BCUT2D eigenvalue weighted by Gasteiger charge is 2.35. The summed E-state index contributed by atoms with van der Waals surface area (Å²) in [5.41, 5.74) is 2.25. The van der Waals surface area contributed by atoms with Gasteiger partial charge in [-0.05, 0) is 23.8 Å². The van der Waals surface area contributed by atoms with Crippen molar-refractivity contribution in [3.63, 3.8) is 0 Å². The second-order valence-corrected chi connectivity index (χ2v) is 4.34. The summed E-state index contributed by atoms with van der Waals surface area (Å²) in [6.45, 7) is -0.0646. The maximum atomic E-state index is 12.2. The van der Waals surface area contributed by atoms with Gasteiger partial charge < -0.3 is 10.3 Å². The van der Waals surface area contributed by atoms with Crippen molar-refractivity contribution in [1.82, 2.24) is 0 Å². The average molecular weight is 253 g/mol. The summed E-state index contributed by atoms with van der Waals surface area (Å²) in [7, 11) is 0. The summed E-state index contributed by atoms with van der Waals surface area (Å²) in [5.74, 6) is -0.262. The monoisotopic (exact) mass is 253 g/mol. The second-order valence-electron chi connectivity index (χ2n) is 4.34. The molecule has 94 valence electrons. The molecule has 4 nitrogen and oxygen atoms in total. The van der Waals surface area contributed by atoms with E-state index in [1.807, 2.05) is 0 Å². The molecule has 0 amide bonds. The van der Waals surface area contributed by atoms with Crippen molar-refractivity contribution in [3.05, 3.63) is 70.4 Å². The van der Waals surface area contributed by atoms with E-state index in [9.17, 15) is 10.0 Å². The molecule has 0 saturated carbocycles. The molecule has 1 aliphatic heterocycles. The predicted octanol–water partition coefficient (Wildman–Crippen LogP) is 2.01. The number of aliphatic hydroxyl groups is 1. The van der Waals surface area contributed by atoms with Gasteiger partial charge in [0.25, 0.3) is 11.5 Å². The Morgan fingerprint density at radius 2 is 1.74 bits per heavy atom. The van der Waals surface area contributed by atoms with Crippen molar-refractivity contribution in [1.29, 1.82) is 0 Å². The number of aliphatic hydroxyl groups excluding tert-OH is 1. The highest BCUT2D eigenvalue weighted by atomic mass is 16.5. The predicted molar refractivity (Wildman–Crippen MR) is 70.5 cm³/mol. The van der Waals surface area contributed by atoms with Gasteiger partial charge in [0.1, 0.15) is 5.56 Å². The molecule has 0 bridgehead atoms. The zero-order valence-electron chi connectivity index (χ0n) is 10.0. The number of hydrogen-bond acceptors (Lipinski definition) is 3. The molecule has 19 heavy (non-hydrogen) atoms. The zero-order chi connectivity index (χ0) is 13.4. The smallest absolute Gasteiger partial charge is 0.272 e. The van der Waals surface area contributed by atoms with Crippen LogP contribution >= 0.6 is 0 Å². The van der Waals surface area contributed by atoms with E-state index in [0.29, 0.717) is 21.6 Å². The third-order valence-electron chi connectivity index (χ3n) is 3.20. The summed E-state index contributed by atoms with van der Waals surface area (Å²) < 4.78 is 0.672. The van der Waals surface area contributed by atoms with Gasteiger partial charge in [-0.15, -0.1) is 0 Å². The number of fused-ring (bicyclic) bond motifs is 1. The van der Waals surface area contributed by atoms with Gasteiger partial charge in [-0.2, -0.15) is 4.74 Å². The molecular weight excluding hydrogens is 242 g/mol. The van der Waals surface area contributed by atoms with E-state index in [0.717, 1.165) is 5.56 Å². The number of Topliss-reactive ketones (excluding diaryl/α,β-unsaturated/α-hetero) is 1. The van der Waals surface area contributed by atoms with Crippen molar-refractivity contribution < 1.29 is 14.6 Å². The van der Waals surface area contributed by atoms with E-state index in [2.05, 4.69) is 0 Å². The fourth-order valence-electron chi connectivity index (χ4n) is 2.20. The van der Waals surface area contributed by atoms with Crippen LogP contribution in [0.2, 0.25) is 0 Å². The molecule has 0 spiro atoms. The molecule has 0 aliphatic carbocycles. The van der Waals surface area contributed by atoms with Crippen LogP contribution in [0.25, 0.3) is 0 Å². The van der Waals surface area contributed by atoms with Gasteiger partial charge >= 0.3 is 0 Å². The fourth-order valence-corrected chi connectivity index (χ4v) is 2.20. The normalized spacial score (nSPS) is 13.8. The maximum Gasteiger partial charge on any atom is 0.272 e. The summed E-state index contributed by atoms with van der Waals surface area (Å²) >= 11 is 0. The lowest BCUT2D eigenvalue weighted by Crippen LogP contribution is -2.16. The topological polar surface area (TPSA) is 63.4 Å². The Bertz CT molecular complexity index is 687. The Hall–Kier alpha value is -2.46. The minimum Gasteiger partial charge on any atom is -0.618 e. The lowest BCUT2D eigenvalue weighted by molar-refractivity contribution is -0.355.